The highest BCUT2D eigenvalue weighted by molar-refractivity contribution is 5.75. The predicted molar refractivity (Wildman–Crippen MR) is 85.5 cm³/mol. The Morgan fingerprint density at radius 3 is 2.52 bits per heavy atom. The topological polar surface area (TPSA) is 52.5 Å². The molecule has 0 spiro atoms. The molecule has 0 aliphatic carbocycles. The molecule has 0 radical (unpaired) electrons. The highest BCUT2D eigenvalue weighted by atomic mass is 16.5. The molecule has 0 saturated carbocycles. The smallest absolute Gasteiger partial charge is 0.139 e. The average Bonchev–Trinajstić information content (AvgIpc) is 2.75. The molecule has 3 aromatic rings. The van der Waals surface area contributed by atoms with Crippen molar-refractivity contribution in [3.63, 3.8) is 0 Å². The van der Waals surface area contributed by atoms with Crippen molar-refractivity contribution in [3.05, 3.63) is 48.2 Å². The molecule has 2 aromatic heterocycles. The fraction of sp³-hybridized carbons (Fsp3) is 0.235. The van der Waals surface area contributed by atoms with Crippen LogP contribution >= 0.6 is 0 Å². The third-order valence-electron chi connectivity index (χ3n) is 3.32. The number of anilines is 1. The van der Waals surface area contributed by atoms with Crippen LogP contribution in [0.25, 0.3) is 16.9 Å². The molecule has 0 unspecified atom stereocenters. The second kappa shape index (κ2) is 5.13. The molecule has 21 heavy (non-hydrogen) atoms. The normalized spacial score (nSPS) is 11.2. The molecule has 4 nitrogen and oxygen atoms in total. The number of hydrogen-bond donors (Lipinski definition) is 1. The summed E-state index contributed by atoms with van der Waals surface area (Å²) in [5.74, 6) is 1.51. The second-order valence-corrected chi connectivity index (χ2v) is 5.47. The van der Waals surface area contributed by atoms with Gasteiger partial charge >= 0.3 is 0 Å². The summed E-state index contributed by atoms with van der Waals surface area (Å²) in [6.45, 7) is 6.06. The summed E-state index contributed by atoms with van der Waals surface area (Å²) in [5.41, 5.74) is 10.0. The zero-order valence-corrected chi connectivity index (χ0v) is 12.5. The Balaban J connectivity index is 2.02. The Morgan fingerprint density at radius 2 is 1.86 bits per heavy atom. The summed E-state index contributed by atoms with van der Waals surface area (Å²) in [4.78, 5) is 4.63. The van der Waals surface area contributed by atoms with Crippen molar-refractivity contribution < 1.29 is 4.74 Å². The number of nitrogens with two attached hydrogens (primary N) is 1. The van der Waals surface area contributed by atoms with Crippen LogP contribution in [0.1, 0.15) is 19.4 Å². The third kappa shape index (κ3) is 2.57. The van der Waals surface area contributed by atoms with Crippen molar-refractivity contribution in [2.24, 2.45) is 0 Å². The van der Waals surface area contributed by atoms with Crippen LogP contribution in [0.4, 0.5) is 5.82 Å². The van der Waals surface area contributed by atoms with E-state index in [-0.39, 0.29) is 6.10 Å². The molecule has 0 atom stereocenters. The number of rotatable bonds is 3. The monoisotopic (exact) mass is 281 g/mol. The lowest BCUT2D eigenvalue weighted by Gasteiger charge is -2.09. The van der Waals surface area contributed by atoms with Gasteiger partial charge in [0.25, 0.3) is 0 Å². The van der Waals surface area contributed by atoms with Gasteiger partial charge in [0.2, 0.25) is 0 Å². The maximum Gasteiger partial charge on any atom is 0.139 e. The van der Waals surface area contributed by atoms with E-state index in [2.05, 4.69) is 4.98 Å². The predicted octanol–water partition coefficient (Wildman–Crippen LogP) is 3.68. The summed E-state index contributed by atoms with van der Waals surface area (Å²) in [6, 6.07) is 11.9. The number of pyridine rings is 1. The first kappa shape index (κ1) is 13.5. The second-order valence-electron chi connectivity index (χ2n) is 5.47. The molecule has 0 fully saturated rings. The summed E-state index contributed by atoms with van der Waals surface area (Å²) in [6.07, 6.45) is 2.12. The number of aromatic nitrogens is 2. The first-order chi connectivity index (χ1) is 10.0. The van der Waals surface area contributed by atoms with E-state index in [1.165, 1.54) is 5.56 Å². The lowest BCUT2D eigenvalue weighted by molar-refractivity contribution is 0.242. The number of benzene rings is 1. The minimum absolute atomic E-state index is 0.166. The Morgan fingerprint density at radius 1 is 1.14 bits per heavy atom. The molecule has 2 heterocycles. The molecule has 0 saturated heterocycles. The Bertz CT molecular complexity index is 773. The van der Waals surface area contributed by atoms with E-state index in [1.54, 1.807) is 0 Å². The van der Waals surface area contributed by atoms with Gasteiger partial charge in [-0.1, -0.05) is 0 Å². The van der Waals surface area contributed by atoms with Crippen molar-refractivity contribution in [3.8, 4) is 17.0 Å². The molecular formula is C17H19N3O. The first-order valence-electron chi connectivity index (χ1n) is 7.06. The Kier molecular flexibility index (Phi) is 3.29. The van der Waals surface area contributed by atoms with Crippen LogP contribution in [-0.4, -0.2) is 15.5 Å². The van der Waals surface area contributed by atoms with Crippen molar-refractivity contribution in [1.29, 1.82) is 0 Å². The molecule has 0 aliphatic heterocycles. The number of hydrogen-bond acceptors (Lipinski definition) is 3. The van der Waals surface area contributed by atoms with E-state index in [0.717, 1.165) is 22.7 Å². The summed E-state index contributed by atoms with van der Waals surface area (Å²) in [7, 11) is 0. The van der Waals surface area contributed by atoms with Gasteiger partial charge in [0.1, 0.15) is 22.9 Å². The number of nitrogens with zero attached hydrogens (tertiary/aromatic N) is 2. The molecular weight excluding hydrogens is 262 g/mol. The van der Waals surface area contributed by atoms with Crippen LogP contribution in [-0.2, 0) is 0 Å². The molecule has 0 bridgehead atoms. The lowest BCUT2D eigenvalue weighted by Crippen LogP contribution is -2.05. The zero-order valence-electron chi connectivity index (χ0n) is 12.5. The highest BCUT2D eigenvalue weighted by Gasteiger charge is 2.11. The van der Waals surface area contributed by atoms with Crippen LogP contribution in [0.2, 0.25) is 0 Å². The average molecular weight is 281 g/mol. The fourth-order valence-corrected chi connectivity index (χ4v) is 2.34. The molecule has 3 rings (SSSR count). The molecule has 0 amide bonds. The Labute approximate surface area is 124 Å². The third-order valence-corrected chi connectivity index (χ3v) is 3.32. The zero-order chi connectivity index (χ0) is 15.0. The van der Waals surface area contributed by atoms with Gasteiger partial charge < -0.3 is 10.5 Å². The SMILES string of the molecule is Cc1ccn2c(N)c(-c3ccc(OC(C)C)cc3)nc2c1. The number of aryl methyl sites for hydroxylation is 1. The largest absolute Gasteiger partial charge is 0.491 e. The molecule has 4 heteroatoms. The quantitative estimate of drug-likeness (QED) is 0.796. The summed E-state index contributed by atoms with van der Waals surface area (Å²) < 4.78 is 7.56. The van der Waals surface area contributed by atoms with Gasteiger partial charge in [0.05, 0.1) is 6.10 Å². The molecule has 2 N–H and O–H groups in total. The van der Waals surface area contributed by atoms with Gasteiger partial charge in [-0.3, -0.25) is 4.40 Å². The van der Waals surface area contributed by atoms with E-state index >= 15 is 0 Å². The minimum atomic E-state index is 0.166. The van der Waals surface area contributed by atoms with E-state index in [1.807, 2.05) is 67.8 Å². The van der Waals surface area contributed by atoms with Gasteiger partial charge in [-0.25, -0.2) is 4.98 Å². The highest BCUT2D eigenvalue weighted by Crippen LogP contribution is 2.28. The Hall–Kier alpha value is -2.49. The van der Waals surface area contributed by atoms with Crippen molar-refractivity contribution >= 4 is 11.5 Å². The van der Waals surface area contributed by atoms with Gasteiger partial charge in [-0.15, -0.1) is 0 Å². The van der Waals surface area contributed by atoms with E-state index in [0.29, 0.717) is 5.82 Å². The van der Waals surface area contributed by atoms with E-state index in [9.17, 15) is 0 Å². The van der Waals surface area contributed by atoms with E-state index in [4.69, 9.17) is 10.5 Å². The standard InChI is InChI=1S/C17H19N3O/c1-11(2)21-14-6-4-13(5-7-14)16-17(18)20-9-8-12(3)10-15(20)19-16/h4-11H,18H2,1-3H3. The lowest BCUT2D eigenvalue weighted by atomic mass is 10.1. The molecule has 108 valence electrons. The van der Waals surface area contributed by atoms with Crippen LogP contribution in [0, 0.1) is 6.92 Å². The minimum Gasteiger partial charge on any atom is -0.491 e. The fourth-order valence-electron chi connectivity index (χ4n) is 2.34. The molecule has 0 aliphatic rings. The van der Waals surface area contributed by atoms with Gasteiger partial charge in [0, 0.05) is 11.8 Å². The van der Waals surface area contributed by atoms with Crippen LogP contribution in [0.3, 0.4) is 0 Å². The van der Waals surface area contributed by atoms with Crippen LogP contribution in [0.15, 0.2) is 42.6 Å². The maximum atomic E-state index is 6.21. The van der Waals surface area contributed by atoms with Crippen LogP contribution < -0.4 is 10.5 Å². The van der Waals surface area contributed by atoms with E-state index < -0.39 is 0 Å². The number of nitrogen functional groups attached to an aromatic ring is 1. The first-order valence-corrected chi connectivity index (χ1v) is 7.06. The van der Waals surface area contributed by atoms with Crippen molar-refractivity contribution in [2.75, 3.05) is 5.73 Å². The summed E-state index contributed by atoms with van der Waals surface area (Å²) >= 11 is 0. The molecule has 1 aromatic carbocycles. The van der Waals surface area contributed by atoms with Gasteiger partial charge in [-0.05, 0) is 62.7 Å². The van der Waals surface area contributed by atoms with Crippen molar-refractivity contribution in [2.45, 2.75) is 26.9 Å². The maximum absolute atomic E-state index is 6.21. The number of imidazole rings is 1. The summed E-state index contributed by atoms with van der Waals surface area (Å²) in [5, 5.41) is 0. The number of fused-ring (bicyclic) bond motifs is 1. The van der Waals surface area contributed by atoms with Crippen molar-refractivity contribution in [1.82, 2.24) is 9.38 Å². The van der Waals surface area contributed by atoms with Gasteiger partial charge in [0.15, 0.2) is 0 Å². The number of ether oxygens (including phenoxy) is 1. The van der Waals surface area contributed by atoms with Crippen LogP contribution in [0.5, 0.6) is 5.75 Å². The van der Waals surface area contributed by atoms with Gasteiger partial charge in [-0.2, -0.15) is 0 Å².